The van der Waals surface area contributed by atoms with Crippen LogP contribution in [0.25, 0.3) is 6.08 Å². The second kappa shape index (κ2) is 9.17. The summed E-state index contributed by atoms with van der Waals surface area (Å²) in [5, 5.41) is 11.2. The molecule has 1 aliphatic heterocycles. The lowest BCUT2D eigenvalue weighted by atomic mass is 10.2. The highest BCUT2D eigenvalue weighted by molar-refractivity contribution is 7.89. The Morgan fingerprint density at radius 2 is 1.86 bits per heavy atom. The van der Waals surface area contributed by atoms with E-state index in [-0.39, 0.29) is 16.3 Å². The minimum atomic E-state index is -3.79. The maximum atomic E-state index is 12.9. The highest BCUT2D eigenvalue weighted by atomic mass is 32.2. The van der Waals surface area contributed by atoms with Crippen molar-refractivity contribution in [1.29, 1.82) is 0 Å². The molecule has 2 aromatic carbocycles. The number of piperazine rings is 1. The Kier molecular flexibility index (Phi) is 6.63. The molecule has 29 heavy (non-hydrogen) atoms. The van der Waals surface area contributed by atoms with Gasteiger partial charge in [0.25, 0.3) is 0 Å². The SMILES string of the molecule is COc1ccc(S(=O)(=O)N2CC[NH+](C/C=C/c3ccccc3)CC2)cc1[N+](=O)[O-]. The van der Waals surface area contributed by atoms with Crippen molar-refractivity contribution in [3.63, 3.8) is 0 Å². The zero-order valence-corrected chi connectivity index (χ0v) is 17.0. The first-order valence-electron chi connectivity index (χ1n) is 9.29. The molecule has 154 valence electrons. The third-order valence-electron chi connectivity index (χ3n) is 4.93. The van der Waals surface area contributed by atoms with Crippen LogP contribution in [0.15, 0.2) is 59.5 Å². The number of nitrogens with one attached hydrogen (secondary N) is 1. The molecule has 0 amide bonds. The lowest BCUT2D eigenvalue weighted by Gasteiger charge is -2.31. The van der Waals surface area contributed by atoms with Crippen LogP contribution in [0.2, 0.25) is 0 Å². The predicted octanol–water partition coefficient (Wildman–Crippen LogP) is 1.21. The van der Waals surface area contributed by atoms with Crippen LogP contribution < -0.4 is 9.64 Å². The van der Waals surface area contributed by atoms with E-state index in [9.17, 15) is 18.5 Å². The molecule has 1 saturated heterocycles. The smallest absolute Gasteiger partial charge is 0.312 e. The minimum absolute atomic E-state index is 0.0356. The van der Waals surface area contributed by atoms with Crippen molar-refractivity contribution in [2.24, 2.45) is 0 Å². The average molecular weight is 418 g/mol. The van der Waals surface area contributed by atoms with Crippen LogP contribution in [0, 0.1) is 10.1 Å². The maximum Gasteiger partial charge on any atom is 0.312 e. The first-order valence-corrected chi connectivity index (χ1v) is 10.7. The van der Waals surface area contributed by atoms with Crippen molar-refractivity contribution >= 4 is 21.8 Å². The molecule has 3 rings (SSSR count). The van der Waals surface area contributed by atoms with E-state index in [1.54, 1.807) is 0 Å². The number of nitro benzene ring substituents is 1. The summed E-state index contributed by atoms with van der Waals surface area (Å²) >= 11 is 0. The quantitative estimate of drug-likeness (QED) is 0.539. The second-order valence-corrected chi connectivity index (χ2v) is 8.70. The number of methoxy groups -OCH3 is 1. The molecule has 1 aliphatic rings. The van der Waals surface area contributed by atoms with E-state index < -0.39 is 14.9 Å². The van der Waals surface area contributed by atoms with E-state index in [4.69, 9.17) is 4.74 Å². The summed E-state index contributed by atoms with van der Waals surface area (Å²) in [5.74, 6) is 0.0356. The van der Waals surface area contributed by atoms with Crippen LogP contribution >= 0.6 is 0 Å². The van der Waals surface area contributed by atoms with Gasteiger partial charge in [-0.1, -0.05) is 36.4 Å². The maximum absolute atomic E-state index is 12.9. The predicted molar refractivity (Wildman–Crippen MR) is 109 cm³/mol. The Morgan fingerprint density at radius 1 is 1.17 bits per heavy atom. The monoisotopic (exact) mass is 418 g/mol. The van der Waals surface area contributed by atoms with Gasteiger partial charge in [-0.3, -0.25) is 10.1 Å². The Hall–Kier alpha value is -2.75. The Labute approximate surface area is 170 Å². The van der Waals surface area contributed by atoms with Gasteiger partial charge in [0, 0.05) is 6.07 Å². The van der Waals surface area contributed by atoms with E-state index in [0.29, 0.717) is 26.2 Å². The van der Waals surface area contributed by atoms with E-state index in [1.165, 1.54) is 28.4 Å². The molecule has 8 nitrogen and oxygen atoms in total. The number of hydrogen-bond acceptors (Lipinski definition) is 5. The number of sulfonamides is 1. The lowest BCUT2D eigenvalue weighted by Crippen LogP contribution is -3.14. The molecule has 0 aromatic heterocycles. The number of nitro groups is 1. The molecular weight excluding hydrogens is 394 g/mol. The van der Waals surface area contributed by atoms with E-state index >= 15 is 0 Å². The van der Waals surface area contributed by atoms with Gasteiger partial charge < -0.3 is 9.64 Å². The topological polar surface area (TPSA) is 94.2 Å². The fourth-order valence-electron chi connectivity index (χ4n) is 3.29. The Morgan fingerprint density at radius 3 is 2.48 bits per heavy atom. The van der Waals surface area contributed by atoms with Gasteiger partial charge in [0.15, 0.2) is 5.75 Å². The number of ether oxygens (including phenoxy) is 1. The molecule has 1 fully saturated rings. The molecule has 0 saturated carbocycles. The fourth-order valence-corrected chi connectivity index (χ4v) is 4.76. The molecule has 0 spiro atoms. The lowest BCUT2D eigenvalue weighted by molar-refractivity contribution is -0.897. The van der Waals surface area contributed by atoms with Crippen LogP contribution in [0.5, 0.6) is 5.75 Å². The van der Waals surface area contributed by atoms with Gasteiger partial charge in [-0.05, 0) is 23.8 Å². The van der Waals surface area contributed by atoms with Crippen molar-refractivity contribution < 1.29 is 23.0 Å². The largest absolute Gasteiger partial charge is 0.490 e. The number of nitrogens with zero attached hydrogens (tertiary/aromatic N) is 2. The van der Waals surface area contributed by atoms with Gasteiger partial charge in [0.05, 0.1) is 49.7 Å². The van der Waals surface area contributed by atoms with Gasteiger partial charge in [-0.25, -0.2) is 8.42 Å². The normalized spacial score (nSPS) is 16.2. The highest BCUT2D eigenvalue weighted by Crippen LogP contribution is 2.30. The second-order valence-electron chi connectivity index (χ2n) is 6.76. The summed E-state index contributed by atoms with van der Waals surface area (Å²) in [7, 11) is -2.48. The number of quaternary nitrogens is 1. The molecule has 9 heteroatoms. The Balaban J connectivity index is 1.63. The first kappa shape index (κ1) is 21.0. The van der Waals surface area contributed by atoms with Crippen LogP contribution in [-0.2, 0) is 10.0 Å². The summed E-state index contributed by atoms with van der Waals surface area (Å²) in [5.41, 5.74) is 0.776. The van der Waals surface area contributed by atoms with Crippen LogP contribution in [-0.4, -0.2) is 57.5 Å². The summed E-state index contributed by atoms with van der Waals surface area (Å²) < 4.78 is 32.1. The van der Waals surface area contributed by atoms with Crippen molar-refractivity contribution in [3.8, 4) is 5.75 Å². The molecule has 0 atom stereocenters. The van der Waals surface area contributed by atoms with Crippen molar-refractivity contribution in [1.82, 2.24) is 4.31 Å². The molecular formula is C20H24N3O5S+. The molecule has 2 aromatic rings. The highest BCUT2D eigenvalue weighted by Gasteiger charge is 2.31. The summed E-state index contributed by atoms with van der Waals surface area (Å²) in [6.07, 6.45) is 4.16. The van der Waals surface area contributed by atoms with Crippen molar-refractivity contribution in [2.75, 3.05) is 39.8 Å². The number of benzene rings is 2. The summed E-state index contributed by atoms with van der Waals surface area (Å²) in [4.78, 5) is 11.8. The summed E-state index contributed by atoms with van der Waals surface area (Å²) in [6, 6.07) is 13.7. The average Bonchev–Trinajstić information content (AvgIpc) is 2.74. The number of rotatable bonds is 7. The van der Waals surface area contributed by atoms with E-state index in [1.807, 2.05) is 30.3 Å². The first-order chi connectivity index (χ1) is 13.9. The van der Waals surface area contributed by atoms with Gasteiger partial charge in [-0.15, -0.1) is 0 Å². The third-order valence-corrected chi connectivity index (χ3v) is 6.83. The molecule has 0 bridgehead atoms. The Bertz CT molecular complexity index is 984. The van der Waals surface area contributed by atoms with Gasteiger partial charge in [-0.2, -0.15) is 4.31 Å². The van der Waals surface area contributed by atoms with Crippen molar-refractivity contribution in [2.45, 2.75) is 4.90 Å². The molecule has 1 N–H and O–H groups in total. The number of hydrogen-bond donors (Lipinski definition) is 1. The van der Waals surface area contributed by atoms with Gasteiger partial charge >= 0.3 is 5.69 Å². The molecule has 0 unspecified atom stereocenters. The summed E-state index contributed by atoms with van der Waals surface area (Å²) in [6.45, 7) is 2.91. The van der Waals surface area contributed by atoms with Crippen molar-refractivity contribution in [3.05, 3.63) is 70.3 Å². The fraction of sp³-hybridized carbons (Fsp3) is 0.300. The van der Waals surface area contributed by atoms with Crippen LogP contribution in [0.4, 0.5) is 5.69 Å². The zero-order chi connectivity index (χ0) is 20.9. The van der Waals surface area contributed by atoms with Gasteiger partial charge in [0.2, 0.25) is 10.0 Å². The zero-order valence-electron chi connectivity index (χ0n) is 16.2. The third kappa shape index (κ3) is 5.00. The van der Waals surface area contributed by atoms with Crippen LogP contribution in [0.3, 0.4) is 0 Å². The standard InChI is InChI=1S/C20H23N3O5S/c1-28-20-10-9-18(16-19(20)23(24)25)29(26,27)22-14-12-21(13-15-22)11-5-8-17-6-3-2-4-7-17/h2-10,16H,11-15H2,1H3/p+1/b8-5+. The molecule has 1 heterocycles. The molecule has 0 aliphatic carbocycles. The molecule has 0 radical (unpaired) electrons. The van der Waals surface area contributed by atoms with E-state index in [0.717, 1.165) is 18.2 Å². The minimum Gasteiger partial charge on any atom is -0.490 e. The van der Waals surface area contributed by atoms with E-state index in [2.05, 4.69) is 12.2 Å². The van der Waals surface area contributed by atoms with Crippen LogP contribution in [0.1, 0.15) is 5.56 Å². The van der Waals surface area contributed by atoms with Gasteiger partial charge in [0.1, 0.15) is 0 Å².